The van der Waals surface area contributed by atoms with Gasteiger partial charge in [0.1, 0.15) is 6.10 Å². The van der Waals surface area contributed by atoms with E-state index in [9.17, 15) is 9.59 Å². The number of cyclic esters (lactones) is 1. The molecule has 0 bridgehead atoms. The van der Waals surface area contributed by atoms with E-state index in [0.717, 1.165) is 0 Å². The monoisotopic (exact) mass is 142 g/mol. The van der Waals surface area contributed by atoms with E-state index in [-0.39, 0.29) is 6.42 Å². The van der Waals surface area contributed by atoms with Gasteiger partial charge in [-0.15, -0.1) is 0 Å². The Morgan fingerprint density at radius 2 is 2.50 bits per heavy atom. The largest absolute Gasteiger partial charge is 0.481 e. The van der Waals surface area contributed by atoms with Gasteiger partial charge in [0.05, 0.1) is 6.42 Å². The highest BCUT2D eigenvalue weighted by Crippen LogP contribution is 2.07. The molecule has 1 atom stereocenters. The molecule has 10 heavy (non-hydrogen) atoms. The average molecular weight is 142 g/mol. The first-order chi connectivity index (χ1) is 4.68. The highest BCUT2D eigenvalue weighted by Gasteiger charge is 2.18. The van der Waals surface area contributed by atoms with Crippen LogP contribution < -0.4 is 0 Å². The molecule has 0 unspecified atom stereocenters. The molecule has 0 aliphatic carbocycles. The standard InChI is InChI=1S/C6H6O4/c7-5(8)3-4-1-2-6(9)10-4/h1-2,4H,3H2,(H,7,8)/t4-/m0/s1. The number of aliphatic carboxylic acids is 1. The van der Waals surface area contributed by atoms with Crippen molar-refractivity contribution in [3.8, 4) is 0 Å². The van der Waals surface area contributed by atoms with Crippen LogP contribution >= 0.6 is 0 Å². The summed E-state index contributed by atoms with van der Waals surface area (Å²) >= 11 is 0. The highest BCUT2D eigenvalue weighted by molar-refractivity contribution is 5.85. The van der Waals surface area contributed by atoms with E-state index in [1.807, 2.05) is 0 Å². The fraction of sp³-hybridized carbons (Fsp3) is 0.333. The molecule has 1 aliphatic heterocycles. The maximum Gasteiger partial charge on any atom is 0.331 e. The predicted molar refractivity (Wildman–Crippen MR) is 31.3 cm³/mol. The molecule has 1 aliphatic rings. The number of carboxylic acid groups (broad SMARTS) is 1. The number of ether oxygens (including phenoxy) is 1. The number of hydrogen-bond donors (Lipinski definition) is 1. The van der Waals surface area contributed by atoms with Crippen molar-refractivity contribution >= 4 is 11.9 Å². The summed E-state index contributed by atoms with van der Waals surface area (Å²) in [6.45, 7) is 0. The van der Waals surface area contributed by atoms with E-state index in [4.69, 9.17) is 5.11 Å². The Morgan fingerprint density at radius 1 is 1.80 bits per heavy atom. The lowest BCUT2D eigenvalue weighted by atomic mass is 10.2. The SMILES string of the molecule is O=C(O)C[C@@H]1C=CC(=O)O1. The Kier molecular flexibility index (Phi) is 1.71. The lowest BCUT2D eigenvalue weighted by Gasteiger charge is -2.02. The van der Waals surface area contributed by atoms with Crippen LogP contribution in [0.5, 0.6) is 0 Å². The Labute approximate surface area is 57.1 Å². The molecule has 0 saturated carbocycles. The second-order valence-corrected chi connectivity index (χ2v) is 1.93. The van der Waals surface area contributed by atoms with Gasteiger partial charge in [-0.25, -0.2) is 4.79 Å². The van der Waals surface area contributed by atoms with Gasteiger partial charge in [0.2, 0.25) is 0 Å². The van der Waals surface area contributed by atoms with Gasteiger partial charge in [-0.2, -0.15) is 0 Å². The van der Waals surface area contributed by atoms with Crippen molar-refractivity contribution in [2.75, 3.05) is 0 Å². The van der Waals surface area contributed by atoms with Crippen LogP contribution in [0, 0.1) is 0 Å². The van der Waals surface area contributed by atoms with E-state index in [0.29, 0.717) is 0 Å². The van der Waals surface area contributed by atoms with E-state index >= 15 is 0 Å². The first kappa shape index (κ1) is 6.80. The van der Waals surface area contributed by atoms with Crippen molar-refractivity contribution in [2.24, 2.45) is 0 Å². The molecule has 0 aromatic rings. The lowest BCUT2D eigenvalue weighted by Crippen LogP contribution is -2.12. The fourth-order valence-corrected chi connectivity index (χ4v) is 0.695. The lowest BCUT2D eigenvalue weighted by molar-refractivity contribution is -0.144. The van der Waals surface area contributed by atoms with Gasteiger partial charge < -0.3 is 9.84 Å². The molecule has 1 N–H and O–H groups in total. The Balaban J connectivity index is 2.40. The number of esters is 1. The fourth-order valence-electron chi connectivity index (χ4n) is 0.695. The van der Waals surface area contributed by atoms with Crippen LogP contribution in [0.1, 0.15) is 6.42 Å². The molecule has 0 radical (unpaired) electrons. The second-order valence-electron chi connectivity index (χ2n) is 1.93. The number of carboxylic acids is 1. The quantitative estimate of drug-likeness (QED) is 0.548. The van der Waals surface area contributed by atoms with Crippen LogP contribution in [0.2, 0.25) is 0 Å². The van der Waals surface area contributed by atoms with Crippen LogP contribution in [0.4, 0.5) is 0 Å². The molecule has 0 aromatic carbocycles. The summed E-state index contributed by atoms with van der Waals surface area (Å²) in [6.07, 6.45) is 1.96. The minimum Gasteiger partial charge on any atom is -0.481 e. The van der Waals surface area contributed by atoms with Crippen molar-refractivity contribution < 1.29 is 19.4 Å². The summed E-state index contributed by atoms with van der Waals surface area (Å²) in [6, 6.07) is 0. The van der Waals surface area contributed by atoms with E-state index in [2.05, 4.69) is 4.74 Å². The molecule has 1 rings (SSSR count). The smallest absolute Gasteiger partial charge is 0.331 e. The maximum atomic E-state index is 10.3. The molecule has 4 nitrogen and oxygen atoms in total. The van der Waals surface area contributed by atoms with E-state index < -0.39 is 18.0 Å². The summed E-state index contributed by atoms with van der Waals surface area (Å²) in [5.41, 5.74) is 0. The second kappa shape index (κ2) is 2.51. The zero-order valence-electron chi connectivity index (χ0n) is 5.11. The predicted octanol–water partition coefficient (Wildman–Crippen LogP) is -0.0573. The summed E-state index contributed by atoms with van der Waals surface area (Å²) in [4.78, 5) is 20.4. The Bertz CT molecular complexity index is 194. The van der Waals surface area contributed by atoms with Crippen LogP contribution in [-0.4, -0.2) is 23.1 Å². The van der Waals surface area contributed by atoms with Crippen molar-refractivity contribution in [2.45, 2.75) is 12.5 Å². The molecular formula is C6H6O4. The molecule has 0 aromatic heterocycles. The third kappa shape index (κ3) is 1.58. The number of carbonyl (C=O) groups excluding carboxylic acids is 1. The van der Waals surface area contributed by atoms with Crippen molar-refractivity contribution in [1.82, 2.24) is 0 Å². The first-order valence-electron chi connectivity index (χ1n) is 2.79. The van der Waals surface area contributed by atoms with Crippen LogP contribution in [0.15, 0.2) is 12.2 Å². The summed E-state index contributed by atoms with van der Waals surface area (Å²) in [7, 11) is 0. The zero-order valence-corrected chi connectivity index (χ0v) is 5.11. The molecule has 0 amide bonds. The van der Waals surface area contributed by atoms with E-state index in [1.165, 1.54) is 12.2 Å². The molecule has 0 saturated heterocycles. The van der Waals surface area contributed by atoms with Gasteiger partial charge in [-0.1, -0.05) is 0 Å². The Hall–Kier alpha value is -1.32. The van der Waals surface area contributed by atoms with Gasteiger partial charge in [0.15, 0.2) is 0 Å². The average Bonchev–Trinajstić information content (AvgIpc) is 2.13. The molecule has 0 fully saturated rings. The van der Waals surface area contributed by atoms with Crippen LogP contribution in [0.25, 0.3) is 0 Å². The summed E-state index contributed by atoms with van der Waals surface area (Å²) < 4.78 is 4.54. The molecule has 54 valence electrons. The van der Waals surface area contributed by atoms with Gasteiger partial charge in [0, 0.05) is 6.08 Å². The minimum atomic E-state index is -0.968. The molecular weight excluding hydrogens is 136 g/mol. The van der Waals surface area contributed by atoms with Crippen LogP contribution in [0.3, 0.4) is 0 Å². The molecule has 4 heteroatoms. The van der Waals surface area contributed by atoms with E-state index in [1.54, 1.807) is 0 Å². The normalized spacial score (nSPS) is 22.8. The third-order valence-electron chi connectivity index (χ3n) is 1.09. The van der Waals surface area contributed by atoms with Gasteiger partial charge in [-0.3, -0.25) is 4.79 Å². The van der Waals surface area contributed by atoms with Crippen molar-refractivity contribution in [3.05, 3.63) is 12.2 Å². The maximum absolute atomic E-state index is 10.3. The van der Waals surface area contributed by atoms with Crippen LogP contribution in [-0.2, 0) is 14.3 Å². The molecule has 1 heterocycles. The van der Waals surface area contributed by atoms with Crippen molar-refractivity contribution in [1.29, 1.82) is 0 Å². The van der Waals surface area contributed by atoms with Gasteiger partial charge >= 0.3 is 11.9 Å². The number of rotatable bonds is 2. The number of carbonyl (C=O) groups is 2. The Morgan fingerprint density at radius 3 is 2.90 bits per heavy atom. The third-order valence-corrected chi connectivity index (χ3v) is 1.09. The molecule has 0 spiro atoms. The summed E-state index contributed by atoms with van der Waals surface area (Å²) in [5.74, 6) is -1.43. The van der Waals surface area contributed by atoms with Gasteiger partial charge in [-0.05, 0) is 6.08 Å². The topological polar surface area (TPSA) is 63.6 Å². The van der Waals surface area contributed by atoms with Gasteiger partial charge in [0.25, 0.3) is 0 Å². The highest BCUT2D eigenvalue weighted by atomic mass is 16.5. The van der Waals surface area contributed by atoms with Crippen molar-refractivity contribution in [3.63, 3.8) is 0 Å². The summed E-state index contributed by atoms with van der Waals surface area (Å²) in [5, 5.41) is 8.23. The first-order valence-corrected chi connectivity index (χ1v) is 2.79. The minimum absolute atomic E-state index is 0.151. The zero-order chi connectivity index (χ0) is 7.56. The number of hydrogen-bond acceptors (Lipinski definition) is 3.